The fourth-order valence-electron chi connectivity index (χ4n) is 2.56. The molecular weight excluding hydrogens is 272 g/mol. The van der Waals surface area contributed by atoms with Gasteiger partial charge in [-0.3, -0.25) is 9.89 Å². The number of likely N-dealkylation sites (tertiary alicyclic amines) is 1. The molecule has 0 aromatic carbocycles. The summed E-state index contributed by atoms with van der Waals surface area (Å²) in [5.74, 6) is -0.103. The maximum absolute atomic E-state index is 12.3. The molecule has 0 spiro atoms. The van der Waals surface area contributed by atoms with Crippen LogP contribution in [0.4, 0.5) is 4.79 Å². The number of carbonyl (C=O) groups excluding carboxylic acids is 2. The van der Waals surface area contributed by atoms with Gasteiger partial charge < -0.3 is 15.0 Å². The zero-order valence-electron chi connectivity index (χ0n) is 12.7. The van der Waals surface area contributed by atoms with Gasteiger partial charge in [-0.1, -0.05) is 0 Å². The summed E-state index contributed by atoms with van der Waals surface area (Å²) >= 11 is 0. The topological polar surface area (TPSA) is 87.3 Å². The van der Waals surface area contributed by atoms with E-state index in [9.17, 15) is 9.59 Å². The van der Waals surface area contributed by atoms with Crippen molar-refractivity contribution in [3.63, 3.8) is 0 Å². The third-order valence-electron chi connectivity index (χ3n) is 3.71. The van der Waals surface area contributed by atoms with Crippen LogP contribution in [-0.2, 0) is 4.74 Å². The van der Waals surface area contributed by atoms with Gasteiger partial charge in [-0.25, -0.2) is 4.79 Å². The number of carbonyl (C=O) groups is 2. The Hall–Kier alpha value is -2.05. The summed E-state index contributed by atoms with van der Waals surface area (Å²) in [6.07, 6.45) is 1.20. The van der Waals surface area contributed by atoms with Gasteiger partial charge in [0.2, 0.25) is 0 Å². The smallest absolute Gasteiger partial charge is 0.409 e. The Morgan fingerprint density at radius 1 is 1.38 bits per heavy atom. The number of H-pyrrole nitrogens is 1. The van der Waals surface area contributed by atoms with Crippen LogP contribution in [0.3, 0.4) is 0 Å². The molecule has 1 saturated heterocycles. The van der Waals surface area contributed by atoms with Crippen molar-refractivity contribution in [1.82, 2.24) is 20.4 Å². The van der Waals surface area contributed by atoms with E-state index in [-0.39, 0.29) is 18.0 Å². The normalized spacial score (nSPS) is 15.9. The minimum atomic E-state index is -0.274. The molecule has 0 unspecified atom stereocenters. The van der Waals surface area contributed by atoms with Crippen molar-refractivity contribution in [2.24, 2.45) is 0 Å². The van der Waals surface area contributed by atoms with Gasteiger partial charge in [0.05, 0.1) is 17.9 Å². The third kappa shape index (κ3) is 3.53. The highest BCUT2D eigenvalue weighted by atomic mass is 16.6. The quantitative estimate of drug-likeness (QED) is 0.881. The summed E-state index contributed by atoms with van der Waals surface area (Å²) in [6, 6.07) is 0.0804. The molecule has 116 valence electrons. The predicted molar refractivity (Wildman–Crippen MR) is 77.1 cm³/mol. The van der Waals surface area contributed by atoms with E-state index >= 15 is 0 Å². The first-order valence-electron chi connectivity index (χ1n) is 7.27. The molecule has 0 atom stereocenters. The van der Waals surface area contributed by atoms with Crippen LogP contribution in [0.2, 0.25) is 0 Å². The van der Waals surface area contributed by atoms with Crippen LogP contribution in [0.5, 0.6) is 0 Å². The standard InChI is InChI=1S/C14H22N4O3/c1-4-21-14(20)18-7-5-11(6-8-18)15-13(19)12-9(2)16-17-10(12)3/h11H,4-8H2,1-3H3,(H,15,19)(H,16,17). The van der Waals surface area contributed by atoms with E-state index in [0.29, 0.717) is 31.0 Å². The lowest BCUT2D eigenvalue weighted by Gasteiger charge is -2.31. The molecule has 2 amide bonds. The predicted octanol–water partition coefficient (Wildman–Crippen LogP) is 1.38. The summed E-state index contributed by atoms with van der Waals surface area (Å²) in [4.78, 5) is 25.5. The molecule has 1 aliphatic rings. The summed E-state index contributed by atoms with van der Waals surface area (Å²) in [7, 11) is 0. The first-order chi connectivity index (χ1) is 10.0. The Morgan fingerprint density at radius 3 is 2.57 bits per heavy atom. The van der Waals surface area contributed by atoms with Crippen molar-refractivity contribution < 1.29 is 14.3 Å². The average molecular weight is 294 g/mol. The summed E-state index contributed by atoms with van der Waals surface area (Å²) in [6.45, 7) is 7.02. The zero-order chi connectivity index (χ0) is 15.4. The minimum absolute atomic E-state index is 0.0804. The average Bonchev–Trinajstić information content (AvgIpc) is 2.79. The van der Waals surface area contributed by atoms with Gasteiger partial charge in [0, 0.05) is 24.8 Å². The molecule has 21 heavy (non-hydrogen) atoms. The molecule has 1 aromatic heterocycles. The number of aromatic nitrogens is 2. The highest BCUT2D eigenvalue weighted by Crippen LogP contribution is 2.14. The molecule has 2 N–H and O–H groups in total. The van der Waals surface area contributed by atoms with Gasteiger partial charge in [0.15, 0.2) is 0 Å². The van der Waals surface area contributed by atoms with E-state index in [4.69, 9.17) is 4.74 Å². The van der Waals surface area contributed by atoms with Crippen LogP contribution in [0, 0.1) is 13.8 Å². The van der Waals surface area contributed by atoms with E-state index in [1.54, 1.807) is 11.8 Å². The lowest BCUT2D eigenvalue weighted by atomic mass is 10.0. The van der Waals surface area contributed by atoms with Gasteiger partial charge in [-0.15, -0.1) is 0 Å². The lowest BCUT2D eigenvalue weighted by Crippen LogP contribution is -2.46. The Balaban J connectivity index is 1.86. The van der Waals surface area contributed by atoms with Crippen LogP contribution >= 0.6 is 0 Å². The van der Waals surface area contributed by atoms with Crippen molar-refractivity contribution in [3.8, 4) is 0 Å². The van der Waals surface area contributed by atoms with E-state index in [1.165, 1.54) is 0 Å². The molecule has 0 bridgehead atoms. The first kappa shape index (κ1) is 15.3. The molecule has 1 fully saturated rings. The van der Waals surface area contributed by atoms with Crippen molar-refractivity contribution in [1.29, 1.82) is 0 Å². The lowest BCUT2D eigenvalue weighted by molar-refractivity contribution is 0.0859. The second-order valence-corrected chi connectivity index (χ2v) is 5.24. The van der Waals surface area contributed by atoms with Gasteiger partial charge in [-0.05, 0) is 33.6 Å². The largest absolute Gasteiger partial charge is 0.450 e. The number of rotatable bonds is 3. The van der Waals surface area contributed by atoms with E-state index in [2.05, 4.69) is 15.5 Å². The SMILES string of the molecule is CCOC(=O)N1CCC(NC(=O)c2c(C)n[nH]c2C)CC1. The van der Waals surface area contributed by atoms with Crippen LogP contribution in [0.1, 0.15) is 41.5 Å². The molecule has 0 aliphatic carbocycles. The molecule has 1 aromatic rings. The Labute approximate surface area is 124 Å². The molecule has 7 nitrogen and oxygen atoms in total. The van der Waals surface area contributed by atoms with Gasteiger partial charge in [-0.2, -0.15) is 5.10 Å². The maximum Gasteiger partial charge on any atom is 0.409 e. The zero-order valence-corrected chi connectivity index (χ0v) is 12.7. The van der Waals surface area contributed by atoms with E-state index in [0.717, 1.165) is 18.5 Å². The fraction of sp³-hybridized carbons (Fsp3) is 0.643. The van der Waals surface area contributed by atoms with Crippen molar-refractivity contribution in [2.75, 3.05) is 19.7 Å². The Bertz CT molecular complexity index is 499. The number of hydrogen-bond acceptors (Lipinski definition) is 4. The van der Waals surface area contributed by atoms with Crippen LogP contribution in [-0.4, -0.2) is 52.8 Å². The molecule has 7 heteroatoms. The number of aryl methyl sites for hydroxylation is 2. The van der Waals surface area contributed by atoms with Crippen molar-refractivity contribution in [2.45, 2.75) is 39.7 Å². The maximum atomic E-state index is 12.3. The summed E-state index contributed by atoms with van der Waals surface area (Å²) < 4.78 is 4.98. The van der Waals surface area contributed by atoms with Crippen LogP contribution < -0.4 is 5.32 Å². The molecule has 1 aliphatic heterocycles. The van der Waals surface area contributed by atoms with Gasteiger partial charge in [0.25, 0.3) is 5.91 Å². The Morgan fingerprint density at radius 2 is 2.05 bits per heavy atom. The highest BCUT2D eigenvalue weighted by Gasteiger charge is 2.26. The number of nitrogens with zero attached hydrogens (tertiary/aromatic N) is 2. The molecule has 2 rings (SSSR count). The number of nitrogens with one attached hydrogen (secondary N) is 2. The third-order valence-corrected chi connectivity index (χ3v) is 3.71. The first-order valence-corrected chi connectivity index (χ1v) is 7.27. The summed E-state index contributed by atoms with van der Waals surface area (Å²) in [5.41, 5.74) is 2.09. The monoisotopic (exact) mass is 294 g/mol. The van der Waals surface area contributed by atoms with E-state index < -0.39 is 0 Å². The number of amides is 2. The number of aromatic amines is 1. The van der Waals surface area contributed by atoms with Crippen LogP contribution in [0.25, 0.3) is 0 Å². The molecule has 2 heterocycles. The number of hydrogen-bond donors (Lipinski definition) is 2. The van der Waals surface area contributed by atoms with Gasteiger partial charge >= 0.3 is 6.09 Å². The van der Waals surface area contributed by atoms with Crippen molar-refractivity contribution in [3.05, 3.63) is 17.0 Å². The highest BCUT2D eigenvalue weighted by molar-refractivity contribution is 5.96. The second-order valence-electron chi connectivity index (χ2n) is 5.24. The number of piperidine rings is 1. The summed E-state index contributed by atoms with van der Waals surface area (Å²) in [5, 5.41) is 9.86. The van der Waals surface area contributed by atoms with Crippen molar-refractivity contribution >= 4 is 12.0 Å². The molecular formula is C14H22N4O3. The minimum Gasteiger partial charge on any atom is -0.450 e. The molecule has 0 radical (unpaired) electrons. The van der Waals surface area contributed by atoms with Crippen LogP contribution in [0.15, 0.2) is 0 Å². The second kappa shape index (κ2) is 6.60. The number of ether oxygens (including phenoxy) is 1. The van der Waals surface area contributed by atoms with Gasteiger partial charge in [0.1, 0.15) is 0 Å². The molecule has 0 saturated carbocycles. The Kier molecular flexibility index (Phi) is 4.82. The fourth-order valence-corrected chi connectivity index (χ4v) is 2.56. The van der Waals surface area contributed by atoms with E-state index in [1.807, 2.05) is 13.8 Å².